The average Bonchev–Trinajstić information content (AvgIpc) is 2.40. The maximum Gasteiger partial charge on any atom is 0.314 e. The lowest BCUT2D eigenvalue weighted by molar-refractivity contribution is -0.439. The molecule has 0 rings (SSSR count). The van der Waals surface area contributed by atoms with Crippen LogP contribution in [0.1, 0.15) is 61.8 Å². The topological polar surface area (TPSA) is 101 Å². The lowest BCUT2D eigenvalue weighted by Gasteiger charge is -2.37. The third-order valence-corrected chi connectivity index (χ3v) is 2.96. The van der Waals surface area contributed by atoms with Crippen LogP contribution < -0.4 is 0 Å². The maximum atomic E-state index is 12.2. The Labute approximate surface area is 149 Å². The van der Waals surface area contributed by atoms with Crippen LogP contribution in [-0.2, 0) is 33.9 Å². The molecule has 0 saturated carbocycles. The summed E-state index contributed by atoms with van der Waals surface area (Å²) in [5, 5.41) is 9.20. The van der Waals surface area contributed by atoms with Crippen molar-refractivity contribution in [1.29, 1.82) is 0 Å². The van der Waals surface area contributed by atoms with E-state index < -0.39 is 47.2 Å². The summed E-state index contributed by atoms with van der Waals surface area (Å²) in [6, 6.07) is 0. The van der Waals surface area contributed by atoms with Crippen LogP contribution in [-0.4, -0.2) is 47.6 Å². The van der Waals surface area contributed by atoms with Crippen molar-refractivity contribution in [3.63, 3.8) is 0 Å². The second kappa shape index (κ2) is 8.93. The van der Waals surface area contributed by atoms with E-state index in [0.29, 0.717) is 0 Å². The molecule has 0 spiro atoms. The van der Waals surface area contributed by atoms with E-state index in [1.54, 1.807) is 55.4 Å². The first-order valence-electron chi connectivity index (χ1n) is 8.09. The van der Waals surface area contributed by atoms with Gasteiger partial charge in [-0.3, -0.25) is 9.59 Å². The monoisotopic (exact) mass is 364 g/mol. The number of aliphatic carboxylic acids is 1. The van der Waals surface area contributed by atoms with Gasteiger partial charge in [0, 0.05) is 0 Å². The molecule has 0 aromatic carbocycles. The van der Waals surface area contributed by atoms with Crippen LogP contribution in [0, 0.1) is 5.41 Å². The molecule has 0 aliphatic heterocycles. The third-order valence-electron chi connectivity index (χ3n) is 2.96. The first-order valence-corrected chi connectivity index (χ1v) is 8.09. The van der Waals surface area contributed by atoms with Crippen molar-refractivity contribution in [2.45, 2.75) is 85.2 Å². The maximum absolute atomic E-state index is 12.2. The van der Waals surface area contributed by atoms with Gasteiger partial charge in [-0.05, 0) is 55.4 Å². The highest BCUT2D eigenvalue weighted by Crippen LogP contribution is 2.32. The number of hydrogen-bond donors (Lipinski definition) is 1. The summed E-state index contributed by atoms with van der Waals surface area (Å²) in [5.74, 6) is -1.72. The Morgan fingerprint density at radius 2 is 1.32 bits per heavy atom. The zero-order valence-corrected chi connectivity index (χ0v) is 16.7. The Balaban J connectivity index is 5.63. The lowest BCUT2D eigenvalue weighted by atomic mass is 9.82. The molecule has 0 amide bonds. The summed E-state index contributed by atoms with van der Waals surface area (Å²) >= 11 is 0. The largest absolute Gasteiger partial charge is 0.481 e. The fraction of sp³-hybridized carbons (Fsp3) is 0.882. The number of carboxylic acids is 1. The molecule has 0 aromatic rings. The summed E-state index contributed by atoms with van der Waals surface area (Å²) in [7, 11) is 1.24. The summed E-state index contributed by atoms with van der Waals surface area (Å²) in [4.78, 5) is 44.8. The minimum atomic E-state index is -1.25. The SMILES string of the molecule is COC(=O)C(C)(C)C(OOC(C)(C)C)C(CC(=O)O)OOC(C)(C)C. The minimum absolute atomic E-state index is 0.450. The number of ether oxygens (including phenoxy) is 1. The summed E-state index contributed by atoms with van der Waals surface area (Å²) in [6.07, 6.45) is -2.64. The van der Waals surface area contributed by atoms with Crippen LogP contribution in [0.2, 0.25) is 0 Å². The highest BCUT2D eigenvalue weighted by molar-refractivity contribution is 5.77. The van der Waals surface area contributed by atoms with Crippen LogP contribution in [0.25, 0.3) is 0 Å². The van der Waals surface area contributed by atoms with Crippen molar-refractivity contribution in [3.05, 3.63) is 0 Å². The molecule has 0 heterocycles. The predicted octanol–water partition coefficient (Wildman–Crippen LogP) is 2.89. The first-order chi connectivity index (χ1) is 11.1. The summed E-state index contributed by atoms with van der Waals surface area (Å²) in [6.45, 7) is 13.6. The molecule has 2 atom stereocenters. The van der Waals surface area contributed by atoms with Gasteiger partial charge < -0.3 is 9.84 Å². The number of carboxylic acid groups (broad SMARTS) is 1. The zero-order chi connectivity index (χ0) is 20.1. The van der Waals surface area contributed by atoms with Gasteiger partial charge in [0.15, 0.2) is 0 Å². The van der Waals surface area contributed by atoms with E-state index in [0.717, 1.165) is 0 Å². The van der Waals surface area contributed by atoms with Crippen molar-refractivity contribution in [2.24, 2.45) is 5.41 Å². The van der Waals surface area contributed by atoms with Crippen molar-refractivity contribution < 1.29 is 39.0 Å². The molecule has 0 bridgehead atoms. The third kappa shape index (κ3) is 9.15. The van der Waals surface area contributed by atoms with Gasteiger partial charge in [0.05, 0.1) is 30.1 Å². The van der Waals surface area contributed by atoms with E-state index in [1.807, 2.05) is 0 Å². The van der Waals surface area contributed by atoms with Crippen molar-refractivity contribution in [2.75, 3.05) is 7.11 Å². The fourth-order valence-corrected chi connectivity index (χ4v) is 1.79. The first kappa shape index (κ1) is 23.8. The zero-order valence-electron chi connectivity index (χ0n) is 16.7. The molecular formula is C17H32O8. The van der Waals surface area contributed by atoms with Crippen LogP contribution >= 0.6 is 0 Å². The van der Waals surface area contributed by atoms with Crippen LogP contribution in [0.4, 0.5) is 0 Å². The molecule has 1 N–H and O–H groups in total. The molecule has 0 fully saturated rings. The number of methoxy groups -OCH3 is 1. The van der Waals surface area contributed by atoms with E-state index in [4.69, 9.17) is 24.3 Å². The molecule has 0 saturated heterocycles. The highest BCUT2D eigenvalue weighted by atomic mass is 17.2. The van der Waals surface area contributed by atoms with E-state index in [9.17, 15) is 14.7 Å². The van der Waals surface area contributed by atoms with Gasteiger partial charge >= 0.3 is 11.9 Å². The standard InChI is InChI=1S/C17H32O8/c1-15(2,3)24-22-11(10-12(18)19)13(23-25-16(4,5)6)17(7,8)14(20)21-9/h11,13H,10H2,1-9H3,(H,18,19). The molecule has 0 radical (unpaired) electrons. The van der Waals surface area contributed by atoms with Gasteiger partial charge in [0.25, 0.3) is 0 Å². The Morgan fingerprint density at radius 1 is 0.880 bits per heavy atom. The molecule has 0 aromatic heterocycles. The Morgan fingerprint density at radius 3 is 1.68 bits per heavy atom. The molecule has 8 nitrogen and oxygen atoms in total. The summed E-state index contributed by atoms with van der Waals surface area (Å²) in [5.41, 5.74) is -2.61. The second-order valence-corrected chi connectivity index (χ2v) is 8.35. The van der Waals surface area contributed by atoms with Gasteiger partial charge in [-0.1, -0.05) is 0 Å². The summed E-state index contributed by atoms with van der Waals surface area (Å²) < 4.78 is 4.81. The average molecular weight is 364 g/mol. The van der Waals surface area contributed by atoms with E-state index in [1.165, 1.54) is 7.11 Å². The second-order valence-electron chi connectivity index (χ2n) is 8.35. The van der Waals surface area contributed by atoms with Crippen molar-refractivity contribution >= 4 is 11.9 Å². The van der Waals surface area contributed by atoms with Gasteiger partial charge in [-0.25, -0.2) is 19.6 Å². The number of carbonyl (C=O) groups is 2. The van der Waals surface area contributed by atoms with Crippen molar-refractivity contribution in [1.82, 2.24) is 0 Å². The number of rotatable bonds is 9. The molecule has 8 heteroatoms. The molecule has 25 heavy (non-hydrogen) atoms. The Hall–Kier alpha value is -1.22. The van der Waals surface area contributed by atoms with E-state index in [-0.39, 0.29) is 0 Å². The van der Waals surface area contributed by atoms with E-state index in [2.05, 4.69) is 0 Å². The lowest BCUT2D eigenvalue weighted by Crippen LogP contribution is -2.50. The van der Waals surface area contributed by atoms with Gasteiger partial charge in [-0.15, -0.1) is 0 Å². The minimum Gasteiger partial charge on any atom is -0.481 e. The molecule has 148 valence electrons. The van der Waals surface area contributed by atoms with Crippen LogP contribution in [0.5, 0.6) is 0 Å². The number of esters is 1. The molecule has 0 aliphatic carbocycles. The van der Waals surface area contributed by atoms with Gasteiger partial charge in [0.2, 0.25) is 0 Å². The van der Waals surface area contributed by atoms with Crippen LogP contribution in [0.3, 0.4) is 0 Å². The van der Waals surface area contributed by atoms with Gasteiger partial charge in [0.1, 0.15) is 12.2 Å². The van der Waals surface area contributed by atoms with Crippen LogP contribution in [0.15, 0.2) is 0 Å². The quantitative estimate of drug-likeness (QED) is 0.379. The predicted molar refractivity (Wildman–Crippen MR) is 89.5 cm³/mol. The smallest absolute Gasteiger partial charge is 0.314 e. The Bertz CT molecular complexity index is 445. The van der Waals surface area contributed by atoms with Crippen molar-refractivity contribution in [3.8, 4) is 0 Å². The molecule has 0 aliphatic rings. The molecular weight excluding hydrogens is 332 g/mol. The highest BCUT2D eigenvalue weighted by Gasteiger charge is 2.47. The number of carbonyl (C=O) groups excluding carboxylic acids is 1. The Kier molecular flexibility index (Phi) is 8.50. The number of hydrogen-bond acceptors (Lipinski definition) is 7. The molecule has 2 unspecified atom stereocenters. The van der Waals surface area contributed by atoms with E-state index >= 15 is 0 Å². The normalized spacial score (nSPS) is 15.6. The van der Waals surface area contributed by atoms with Gasteiger partial charge in [-0.2, -0.15) is 0 Å². The fourth-order valence-electron chi connectivity index (χ4n) is 1.79.